The summed E-state index contributed by atoms with van der Waals surface area (Å²) in [5.74, 6) is -0.904. The summed E-state index contributed by atoms with van der Waals surface area (Å²) in [7, 11) is -3.59. The number of nitrogen functional groups attached to an aromatic ring is 1. The van der Waals surface area contributed by atoms with Crippen LogP contribution in [0.2, 0.25) is 0 Å². The van der Waals surface area contributed by atoms with E-state index in [1.165, 1.54) is 6.92 Å². The van der Waals surface area contributed by atoms with Crippen LogP contribution in [0.25, 0.3) is 0 Å². The molecule has 1 aromatic carbocycles. The Kier molecular flexibility index (Phi) is 5.56. The highest BCUT2D eigenvalue weighted by molar-refractivity contribution is 7.92. The van der Waals surface area contributed by atoms with Crippen molar-refractivity contribution < 1.29 is 17.9 Å². The van der Waals surface area contributed by atoms with Gasteiger partial charge in [-0.15, -0.1) is 0 Å². The molecular formula is C14H21NO4S. The lowest BCUT2D eigenvalue weighted by Crippen LogP contribution is -2.32. The molecule has 1 aromatic rings. The molecule has 0 bridgehead atoms. The highest BCUT2D eigenvalue weighted by Crippen LogP contribution is 2.15. The van der Waals surface area contributed by atoms with Crippen molar-refractivity contribution in [2.45, 2.75) is 44.3 Å². The van der Waals surface area contributed by atoms with Gasteiger partial charge in [0.25, 0.3) is 0 Å². The average Bonchev–Trinajstić information content (AvgIpc) is 2.40. The zero-order chi connectivity index (χ0) is 15.3. The van der Waals surface area contributed by atoms with E-state index in [0.29, 0.717) is 17.7 Å². The van der Waals surface area contributed by atoms with E-state index in [-0.39, 0.29) is 11.9 Å². The fourth-order valence-corrected chi connectivity index (χ4v) is 2.75. The number of carbonyl (C=O) groups is 1. The van der Waals surface area contributed by atoms with Crippen molar-refractivity contribution in [2.24, 2.45) is 0 Å². The summed E-state index contributed by atoms with van der Waals surface area (Å²) in [6.07, 6.45) is 0.368. The van der Waals surface area contributed by atoms with Crippen LogP contribution in [-0.2, 0) is 25.1 Å². The van der Waals surface area contributed by atoms with Crippen LogP contribution < -0.4 is 5.73 Å². The Balaban J connectivity index is 2.77. The lowest BCUT2D eigenvalue weighted by atomic mass is 10.2. The van der Waals surface area contributed by atoms with E-state index in [4.69, 9.17) is 10.5 Å². The van der Waals surface area contributed by atoms with E-state index in [2.05, 4.69) is 0 Å². The monoisotopic (exact) mass is 299 g/mol. The van der Waals surface area contributed by atoms with Crippen LogP contribution in [0.1, 0.15) is 32.8 Å². The Morgan fingerprint density at radius 2 is 1.80 bits per heavy atom. The van der Waals surface area contributed by atoms with E-state index in [9.17, 15) is 13.2 Å². The van der Waals surface area contributed by atoms with Crippen molar-refractivity contribution >= 4 is 21.5 Å². The number of esters is 1. The Morgan fingerprint density at radius 1 is 1.25 bits per heavy atom. The number of rotatable bonds is 6. The number of carbonyl (C=O) groups excluding carboxylic acids is 1. The average molecular weight is 299 g/mol. The second kappa shape index (κ2) is 6.74. The molecule has 5 nitrogen and oxygen atoms in total. The summed E-state index contributed by atoms with van der Waals surface area (Å²) in [6, 6.07) is 6.54. The van der Waals surface area contributed by atoms with E-state index in [1.807, 2.05) is 6.92 Å². The molecule has 0 spiro atoms. The predicted octanol–water partition coefficient (Wildman–Crippen LogP) is 1.91. The topological polar surface area (TPSA) is 86.5 Å². The van der Waals surface area contributed by atoms with Gasteiger partial charge < -0.3 is 10.5 Å². The third-order valence-corrected chi connectivity index (χ3v) is 5.12. The summed E-state index contributed by atoms with van der Waals surface area (Å²) in [5, 5.41) is -1.17. The van der Waals surface area contributed by atoms with E-state index in [1.54, 1.807) is 31.2 Å². The Bertz CT molecular complexity index is 551. The second-order valence-electron chi connectivity index (χ2n) is 4.85. The highest BCUT2D eigenvalue weighted by Gasteiger charge is 2.30. The van der Waals surface area contributed by atoms with Crippen LogP contribution in [0.15, 0.2) is 24.3 Å². The van der Waals surface area contributed by atoms with Crippen LogP contribution in [-0.4, -0.2) is 25.7 Å². The van der Waals surface area contributed by atoms with Crippen molar-refractivity contribution in [1.29, 1.82) is 0 Å². The third kappa shape index (κ3) is 4.52. The number of benzene rings is 1. The van der Waals surface area contributed by atoms with Crippen molar-refractivity contribution in [3.8, 4) is 0 Å². The molecule has 0 aromatic heterocycles. The highest BCUT2D eigenvalue weighted by atomic mass is 32.2. The van der Waals surface area contributed by atoms with Gasteiger partial charge in [-0.2, -0.15) is 0 Å². The first kappa shape index (κ1) is 16.5. The molecule has 2 N–H and O–H groups in total. The van der Waals surface area contributed by atoms with E-state index >= 15 is 0 Å². The molecule has 0 aliphatic heterocycles. The fraction of sp³-hybridized carbons (Fsp3) is 0.500. The van der Waals surface area contributed by atoms with Gasteiger partial charge in [-0.1, -0.05) is 19.1 Å². The molecule has 0 aliphatic carbocycles. The second-order valence-corrected chi connectivity index (χ2v) is 7.17. The van der Waals surface area contributed by atoms with Crippen molar-refractivity contribution in [1.82, 2.24) is 0 Å². The largest absolute Gasteiger partial charge is 0.462 e. The van der Waals surface area contributed by atoms with E-state index < -0.39 is 21.1 Å². The molecule has 6 heteroatoms. The SMILES string of the molecule is CCC(C)OC(=O)C(C)S(=O)(=O)Cc1ccc(N)cc1. The smallest absolute Gasteiger partial charge is 0.324 e. The van der Waals surface area contributed by atoms with Crippen molar-refractivity contribution in [3.05, 3.63) is 29.8 Å². The Morgan fingerprint density at radius 3 is 2.30 bits per heavy atom. The first-order valence-electron chi connectivity index (χ1n) is 6.52. The minimum atomic E-state index is -3.59. The van der Waals surface area contributed by atoms with E-state index in [0.717, 1.165) is 0 Å². The Hall–Kier alpha value is -1.56. The zero-order valence-corrected chi connectivity index (χ0v) is 12.8. The molecule has 0 fully saturated rings. The van der Waals surface area contributed by atoms with Gasteiger partial charge in [0.05, 0.1) is 11.9 Å². The molecule has 0 amide bonds. The summed E-state index contributed by atoms with van der Waals surface area (Å²) in [5.41, 5.74) is 6.71. The van der Waals surface area contributed by atoms with Gasteiger partial charge in [0.15, 0.2) is 15.1 Å². The van der Waals surface area contributed by atoms with Crippen LogP contribution in [0, 0.1) is 0 Å². The zero-order valence-electron chi connectivity index (χ0n) is 12.0. The molecule has 20 heavy (non-hydrogen) atoms. The van der Waals surface area contributed by atoms with Crippen LogP contribution in [0.4, 0.5) is 5.69 Å². The number of sulfone groups is 1. The fourth-order valence-electron chi connectivity index (χ4n) is 1.50. The summed E-state index contributed by atoms with van der Waals surface area (Å²) < 4.78 is 29.4. The van der Waals surface area contributed by atoms with Crippen LogP contribution >= 0.6 is 0 Å². The first-order valence-corrected chi connectivity index (χ1v) is 8.24. The first-order chi connectivity index (χ1) is 9.26. The summed E-state index contributed by atoms with van der Waals surface area (Å²) >= 11 is 0. The molecule has 2 unspecified atom stereocenters. The van der Waals surface area contributed by atoms with Gasteiger partial charge in [0.1, 0.15) is 0 Å². The number of nitrogens with two attached hydrogens (primary N) is 1. The van der Waals surface area contributed by atoms with Gasteiger partial charge in [0, 0.05) is 5.69 Å². The maximum absolute atomic E-state index is 12.2. The lowest BCUT2D eigenvalue weighted by Gasteiger charge is -2.16. The number of hydrogen-bond donors (Lipinski definition) is 1. The molecule has 0 radical (unpaired) electrons. The third-order valence-electron chi connectivity index (χ3n) is 3.11. The maximum Gasteiger partial charge on any atom is 0.324 e. The lowest BCUT2D eigenvalue weighted by molar-refractivity contribution is -0.147. The molecule has 0 saturated carbocycles. The number of ether oxygens (including phenoxy) is 1. The van der Waals surface area contributed by atoms with Gasteiger partial charge in [0.2, 0.25) is 0 Å². The van der Waals surface area contributed by atoms with Gasteiger partial charge in [-0.3, -0.25) is 4.79 Å². The Labute approximate surface area is 120 Å². The van der Waals surface area contributed by atoms with Gasteiger partial charge in [-0.05, 0) is 38.0 Å². The van der Waals surface area contributed by atoms with Crippen LogP contribution in [0.5, 0.6) is 0 Å². The number of hydrogen-bond acceptors (Lipinski definition) is 5. The molecule has 0 aliphatic rings. The molecular weight excluding hydrogens is 278 g/mol. The normalized spacial score (nSPS) is 14.6. The minimum Gasteiger partial charge on any atom is -0.462 e. The molecule has 112 valence electrons. The van der Waals surface area contributed by atoms with Gasteiger partial charge in [-0.25, -0.2) is 8.42 Å². The molecule has 1 rings (SSSR count). The molecule has 2 atom stereocenters. The number of anilines is 1. The summed E-state index contributed by atoms with van der Waals surface area (Å²) in [4.78, 5) is 11.8. The van der Waals surface area contributed by atoms with Crippen molar-refractivity contribution in [2.75, 3.05) is 5.73 Å². The molecule has 0 saturated heterocycles. The quantitative estimate of drug-likeness (QED) is 0.640. The minimum absolute atomic E-state index is 0.204. The summed E-state index contributed by atoms with van der Waals surface area (Å²) in [6.45, 7) is 4.96. The predicted molar refractivity (Wildman–Crippen MR) is 78.8 cm³/mol. The van der Waals surface area contributed by atoms with Crippen LogP contribution in [0.3, 0.4) is 0 Å². The maximum atomic E-state index is 12.2. The standard InChI is InChI=1S/C14H21NO4S/c1-4-10(2)19-14(16)11(3)20(17,18)9-12-5-7-13(15)8-6-12/h5-8,10-11H,4,9,15H2,1-3H3. The van der Waals surface area contributed by atoms with Crippen molar-refractivity contribution in [3.63, 3.8) is 0 Å². The van der Waals surface area contributed by atoms with Gasteiger partial charge >= 0.3 is 5.97 Å². The molecule has 0 heterocycles.